The van der Waals surface area contributed by atoms with Gasteiger partial charge >= 0.3 is 38.2 Å². The fourth-order valence-corrected chi connectivity index (χ4v) is 2.97. The molecule has 2 heterocycles. The topological polar surface area (TPSA) is 143 Å². The molecule has 0 fully saturated rings. The fourth-order valence-electron chi connectivity index (χ4n) is 2.97. The summed E-state index contributed by atoms with van der Waals surface area (Å²) in [6.45, 7) is 0.691. The molecule has 155 valence electrons. The molecule has 1 aliphatic heterocycles. The molecule has 10 nitrogen and oxygen atoms in total. The number of fused-ring (bicyclic) bond motifs is 2. The van der Waals surface area contributed by atoms with Crippen molar-refractivity contribution in [1.29, 1.82) is 0 Å². The zero-order valence-electron chi connectivity index (χ0n) is 15.2. The molecular weight excluding hydrogens is 519 g/mol. The molecule has 0 unspecified atom stereocenters. The van der Waals surface area contributed by atoms with Gasteiger partial charge in [0.1, 0.15) is 0 Å². The van der Waals surface area contributed by atoms with Crippen molar-refractivity contribution >= 4 is 17.9 Å². The van der Waals surface area contributed by atoms with E-state index in [4.69, 9.17) is 0 Å². The molecule has 1 aromatic rings. The molecule has 0 spiro atoms. The first-order chi connectivity index (χ1) is 12.8. The second-order valence-electron chi connectivity index (χ2n) is 6.43. The van der Waals surface area contributed by atoms with Crippen molar-refractivity contribution in [3.63, 3.8) is 0 Å². The molecule has 0 aliphatic carbocycles. The molecular formula is C17H21DyN4O6. The summed E-state index contributed by atoms with van der Waals surface area (Å²) in [4.78, 5) is 42.3. The number of carbonyl (C=O) groups is 3. The minimum Gasteiger partial charge on any atom is -0.549 e. The Morgan fingerprint density at radius 3 is 1.50 bits per heavy atom. The summed E-state index contributed by atoms with van der Waals surface area (Å²) < 4.78 is 0. The summed E-state index contributed by atoms with van der Waals surface area (Å²) >= 11 is 0. The van der Waals surface area contributed by atoms with Crippen LogP contribution in [0.4, 0.5) is 0 Å². The maximum Gasteiger partial charge on any atom is 3.00 e. The van der Waals surface area contributed by atoms with Gasteiger partial charge in [-0.2, -0.15) is 0 Å². The molecule has 1 aliphatic rings. The molecule has 0 N–H and O–H groups in total. The predicted molar refractivity (Wildman–Crippen MR) is 86.3 cm³/mol. The largest absolute Gasteiger partial charge is 3.00 e. The van der Waals surface area contributed by atoms with Crippen LogP contribution in [0.15, 0.2) is 18.2 Å². The Morgan fingerprint density at radius 1 is 0.750 bits per heavy atom. The van der Waals surface area contributed by atoms with E-state index < -0.39 is 17.9 Å². The van der Waals surface area contributed by atoms with Gasteiger partial charge in [-0.15, -0.1) is 0 Å². The predicted octanol–water partition coefficient (Wildman–Crippen LogP) is -4.75. The van der Waals surface area contributed by atoms with Gasteiger partial charge in [0.2, 0.25) is 0 Å². The Kier molecular flexibility index (Phi) is 10.9. The molecule has 11 heteroatoms. The van der Waals surface area contributed by atoms with E-state index in [0.29, 0.717) is 11.4 Å². The van der Waals surface area contributed by atoms with E-state index in [1.54, 1.807) is 32.9 Å². The van der Waals surface area contributed by atoms with Gasteiger partial charge in [0, 0.05) is 58.9 Å². The number of nitrogens with zero attached hydrogens (tertiary/aromatic N) is 4. The van der Waals surface area contributed by atoms with Crippen molar-refractivity contribution in [3.05, 3.63) is 29.6 Å². The fraction of sp³-hybridized carbons (Fsp3) is 0.529. The van der Waals surface area contributed by atoms with Crippen molar-refractivity contribution in [2.75, 3.05) is 45.8 Å². The maximum atomic E-state index is 11.0. The SMILES string of the molecule is O=C([O-])CN1CCN(CC(=O)[O-])Cc2cccc(n2)CN(CC(=O)[O-])CC1.[Dy+3]. The molecule has 0 amide bonds. The van der Waals surface area contributed by atoms with Crippen molar-refractivity contribution < 1.29 is 67.9 Å². The van der Waals surface area contributed by atoms with Crippen molar-refractivity contribution in [1.82, 2.24) is 19.7 Å². The average Bonchev–Trinajstić information content (AvgIpc) is 2.55. The van der Waals surface area contributed by atoms with Crippen LogP contribution in [0.2, 0.25) is 0 Å². The van der Waals surface area contributed by atoms with E-state index in [1.807, 2.05) is 0 Å². The van der Waals surface area contributed by atoms with Crippen LogP contribution in [-0.4, -0.2) is 83.4 Å². The third kappa shape index (κ3) is 9.27. The van der Waals surface area contributed by atoms with Crippen LogP contribution in [-0.2, 0) is 27.5 Å². The summed E-state index contributed by atoms with van der Waals surface area (Å²) in [5, 5.41) is 33.0. The van der Waals surface area contributed by atoms with Crippen LogP contribution in [0.5, 0.6) is 0 Å². The number of carboxylic acid groups (broad SMARTS) is 3. The van der Waals surface area contributed by atoms with Crippen LogP contribution < -0.4 is 15.3 Å². The third-order valence-corrected chi connectivity index (χ3v) is 4.16. The van der Waals surface area contributed by atoms with Crippen molar-refractivity contribution in [3.8, 4) is 0 Å². The Balaban J connectivity index is 0.00000392. The van der Waals surface area contributed by atoms with Gasteiger partial charge < -0.3 is 29.7 Å². The Morgan fingerprint density at radius 2 is 1.11 bits per heavy atom. The first-order valence-electron chi connectivity index (χ1n) is 8.53. The Bertz CT molecular complexity index is 644. The number of hydrogen-bond donors (Lipinski definition) is 0. The summed E-state index contributed by atoms with van der Waals surface area (Å²) in [6.07, 6.45) is 0. The van der Waals surface area contributed by atoms with Gasteiger partial charge in [0.05, 0.1) is 29.3 Å². The zero-order valence-corrected chi connectivity index (χ0v) is 17.2. The number of carboxylic acids is 3. The van der Waals surface area contributed by atoms with E-state index in [1.165, 1.54) is 0 Å². The molecule has 2 rings (SSSR count). The standard InChI is InChI=1S/C17H24N4O6.Dy/c22-15(23)10-19-4-6-20(11-16(24)25)8-13-2-1-3-14(18-13)9-21(7-5-19)12-17(26)27;/h1-3H,4-12H2,(H,22,23)(H,24,25)(H,26,27);/q;+3/p-3. The van der Waals surface area contributed by atoms with Crippen LogP contribution in [0.1, 0.15) is 11.4 Å². The molecule has 0 aromatic carbocycles. The van der Waals surface area contributed by atoms with Crippen LogP contribution in [0.3, 0.4) is 0 Å². The van der Waals surface area contributed by atoms with Gasteiger partial charge in [-0.25, -0.2) is 0 Å². The second-order valence-corrected chi connectivity index (χ2v) is 6.43. The van der Waals surface area contributed by atoms with Crippen LogP contribution >= 0.6 is 0 Å². The number of aliphatic carboxylic acids is 3. The number of aromatic nitrogens is 1. The van der Waals surface area contributed by atoms with Crippen LogP contribution in [0.25, 0.3) is 0 Å². The minimum absolute atomic E-state index is 0. The molecule has 1 aromatic heterocycles. The van der Waals surface area contributed by atoms with E-state index >= 15 is 0 Å². The second kappa shape index (κ2) is 12.3. The molecule has 28 heavy (non-hydrogen) atoms. The number of rotatable bonds is 6. The summed E-state index contributed by atoms with van der Waals surface area (Å²) in [6, 6.07) is 5.28. The van der Waals surface area contributed by atoms with E-state index in [2.05, 4.69) is 4.98 Å². The van der Waals surface area contributed by atoms with Gasteiger partial charge in [-0.05, 0) is 12.1 Å². The molecule has 0 saturated carbocycles. The average molecular weight is 540 g/mol. The van der Waals surface area contributed by atoms with E-state index in [0.717, 1.165) is 0 Å². The normalized spacial score (nSPS) is 17.0. The van der Waals surface area contributed by atoms with Gasteiger partial charge in [0.15, 0.2) is 0 Å². The monoisotopic (exact) mass is 541 g/mol. The van der Waals surface area contributed by atoms with Gasteiger partial charge in [-0.1, -0.05) is 6.07 Å². The Labute approximate surface area is 193 Å². The van der Waals surface area contributed by atoms with E-state index in [-0.39, 0.29) is 97.1 Å². The Hall–Kier alpha value is -1.29. The molecule has 2 bridgehead atoms. The first-order valence-corrected chi connectivity index (χ1v) is 8.53. The number of pyridine rings is 1. The van der Waals surface area contributed by atoms with Gasteiger partial charge in [0.25, 0.3) is 0 Å². The number of carbonyl (C=O) groups excluding carboxylic acids is 3. The molecule has 1 radical (unpaired) electrons. The van der Waals surface area contributed by atoms with Crippen molar-refractivity contribution in [2.24, 2.45) is 0 Å². The summed E-state index contributed by atoms with van der Waals surface area (Å²) in [5.74, 6) is -3.72. The summed E-state index contributed by atoms with van der Waals surface area (Å²) in [5.41, 5.74) is 1.27. The van der Waals surface area contributed by atoms with Crippen molar-refractivity contribution in [2.45, 2.75) is 13.1 Å². The third-order valence-electron chi connectivity index (χ3n) is 4.16. The summed E-state index contributed by atoms with van der Waals surface area (Å²) in [7, 11) is 0. The minimum atomic E-state index is -1.26. The quantitative estimate of drug-likeness (QED) is 0.346. The number of hydrogen-bond acceptors (Lipinski definition) is 10. The first kappa shape index (κ1) is 24.8. The van der Waals surface area contributed by atoms with E-state index in [9.17, 15) is 29.7 Å². The van der Waals surface area contributed by atoms with Crippen LogP contribution in [0, 0.1) is 38.2 Å². The van der Waals surface area contributed by atoms with Gasteiger partial charge in [-0.3, -0.25) is 19.7 Å². The maximum absolute atomic E-state index is 11.0. The molecule has 0 atom stereocenters. The molecule has 0 saturated heterocycles. The zero-order chi connectivity index (χ0) is 19.8. The smallest absolute Gasteiger partial charge is 0.549 e.